The van der Waals surface area contributed by atoms with Crippen molar-refractivity contribution < 1.29 is 18.6 Å². The number of hydrogen-bond acceptors (Lipinski definition) is 5. The maximum Gasteiger partial charge on any atom is 0.213 e. The maximum atomic E-state index is 13.0. The van der Waals surface area contributed by atoms with E-state index in [0.29, 0.717) is 35.6 Å². The van der Waals surface area contributed by atoms with Gasteiger partial charge in [0.1, 0.15) is 12.4 Å². The number of hydrogen-bond donors (Lipinski definition) is 1. The molecule has 5 nitrogen and oxygen atoms in total. The van der Waals surface area contributed by atoms with Crippen LogP contribution in [0.1, 0.15) is 17.5 Å². The minimum atomic E-state index is -0.283. The Hall–Kier alpha value is -2.83. The second-order valence-corrected chi connectivity index (χ2v) is 6.98. The third-order valence-electron chi connectivity index (χ3n) is 4.30. The van der Waals surface area contributed by atoms with Gasteiger partial charge in [0.25, 0.3) is 0 Å². The Kier molecular flexibility index (Phi) is 8.30. The average Bonchev–Trinajstić information content (AvgIpc) is 2.77. The summed E-state index contributed by atoms with van der Waals surface area (Å²) < 4.78 is 29.9. The highest BCUT2D eigenvalue weighted by Gasteiger charge is 2.12. The molecule has 0 atom stereocenters. The van der Waals surface area contributed by atoms with E-state index in [1.165, 1.54) is 12.1 Å². The first kappa shape index (κ1) is 21.9. The van der Waals surface area contributed by atoms with Crippen LogP contribution < -0.4 is 19.5 Å². The lowest BCUT2D eigenvalue weighted by Crippen LogP contribution is -2.17. The van der Waals surface area contributed by atoms with Crippen molar-refractivity contribution >= 4 is 11.6 Å². The van der Waals surface area contributed by atoms with E-state index in [-0.39, 0.29) is 12.4 Å². The van der Waals surface area contributed by atoms with E-state index in [2.05, 4.69) is 10.3 Å². The molecule has 0 bridgehead atoms. The summed E-state index contributed by atoms with van der Waals surface area (Å²) in [5.74, 6) is 1.37. The van der Waals surface area contributed by atoms with Gasteiger partial charge in [0.2, 0.25) is 5.88 Å². The molecule has 1 N–H and O–H groups in total. The van der Waals surface area contributed by atoms with Gasteiger partial charge < -0.3 is 19.5 Å². The average molecular weight is 431 g/mol. The van der Waals surface area contributed by atoms with Gasteiger partial charge in [-0.1, -0.05) is 29.8 Å². The quantitative estimate of drug-likeness (QED) is 0.433. The Morgan fingerprint density at radius 2 is 1.87 bits per heavy atom. The van der Waals surface area contributed by atoms with Gasteiger partial charge in [0.15, 0.2) is 11.5 Å². The molecule has 0 unspecified atom stereocenters. The summed E-state index contributed by atoms with van der Waals surface area (Å²) in [5.41, 5.74) is 1.82. The van der Waals surface area contributed by atoms with Crippen molar-refractivity contribution in [1.29, 1.82) is 0 Å². The van der Waals surface area contributed by atoms with Gasteiger partial charge in [-0.15, -0.1) is 0 Å². The van der Waals surface area contributed by atoms with Gasteiger partial charge in [-0.25, -0.2) is 9.37 Å². The first-order valence-corrected chi connectivity index (χ1v) is 10.0. The summed E-state index contributed by atoms with van der Waals surface area (Å²) >= 11 is 6.42. The zero-order valence-electron chi connectivity index (χ0n) is 16.7. The fourth-order valence-electron chi connectivity index (χ4n) is 2.79. The lowest BCUT2D eigenvalue weighted by molar-refractivity contribution is 0.284. The third kappa shape index (κ3) is 6.61. The predicted octanol–water partition coefficient (Wildman–Crippen LogP) is 5.02. The van der Waals surface area contributed by atoms with Crippen LogP contribution in [-0.2, 0) is 13.2 Å². The number of nitrogens with one attached hydrogen (secondary N) is 1. The van der Waals surface area contributed by atoms with Gasteiger partial charge in [-0.3, -0.25) is 0 Å². The molecule has 0 saturated heterocycles. The van der Waals surface area contributed by atoms with Crippen molar-refractivity contribution in [3.63, 3.8) is 0 Å². The van der Waals surface area contributed by atoms with Crippen LogP contribution in [0.25, 0.3) is 0 Å². The highest BCUT2D eigenvalue weighted by atomic mass is 35.5. The number of aromatic nitrogens is 1. The number of pyridine rings is 1. The summed E-state index contributed by atoms with van der Waals surface area (Å²) in [6.07, 6.45) is 2.55. The van der Waals surface area contributed by atoms with Crippen molar-refractivity contribution in [3.8, 4) is 17.4 Å². The van der Waals surface area contributed by atoms with E-state index in [4.69, 9.17) is 25.8 Å². The summed E-state index contributed by atoms with van der Waals surface area (Å²) in [6.45, 7) is 2.28. The summed E-state index contributed by atoms with van der Waals surface area (Å²) in [6, 6.07) is 15.5. The molecular formula is C23H24ClFN2O3. The zero-order valence-corrected chi connectivity index (χ0v) is 17.5. The first-order chi connectivity index (χ1) is 14.7. The monoisotopic (exact) mass is 430 g/mol. The Morgan fingerprint density at radius 3 is 2.60 bits per heavy atom. The molecule has 2 aromatic carbocycles. The number of halogens is 2. The van der Waals surface area contributed by atoms with Gasteiger partial charge in [0, 0.05) is 18.8 Å². The highest BCUT2D eigenvalue weighted by Crippen LogP contribution is 2.37. The van der Waals surface area contributed by atoms with Crippen LogP contribution in [0.5, 0.6) is 17.4 Å². The fourth-order valence-corrected chi connectivity index (χ4v) is 3.08. The second-order valence-electron chi connectivity index (χ2n) is 6.57. The predicted molar refractivity (Wildman–Crippen MR) is 115 cm³/mol. The van der Waals surface area contributed by atoms with E-state index < -0.39 is 0 Å². The van der Waals surface area contributed by atoms with Gasteiger partial charge >= 0.3 is 0 Å². The molecule has 0 aliphatic rings. The second kappa shape index (κ2) is 11.4. The Bertz CT molecular complexity index is 924. The molecule has 0 aliphatic carbocycles. The Labute approximate surface area is 180 Å². The fraction of sp³-hybridized carbons (Fsp3) is 0.261. The number of rotatable bonds is 11. The van der Waals surface area contributed by atoms with Crippen molar-refractivity contribution in [3.05, 3.63) is 82.8 Å². The maximum absolute atomic E-state index is 13.0. The van der Waals surface area contributed by atoms with E-state index in [1.54, 1.807) is 25.4 Å². The summed E-state index contributed by atoms with van der Waals surface area (Å²) in [5, 5.41) is 3.82. The molecule has 3 rings (SSSR count). The van der Waals surface area contributed by atoms with Crippen molar-refractivity contribution in [2.24, 2.45) is 0 Å². The molecule has 0 aliphatic heterocycles. The van der Waals surface area contributed by atoms with E-state index in [9.17, 15) is 4.39 Å². The molecule has 0 fully saturated rings. The molecule has 3 aromatic rings. The molecule has 0 spiro atoms. The first-order valence-electron chi connectivity index (χ1n) is 9.64. The molecule has 1 heterocycles. The number of methoxy groups -OCH3 is 1. The zero-order chi connectivity index (χ0) is 21.2. The van der Waals surface area contributed by atoms with Gasteiger partial charge in [-0.2, -0.15) is 0 Å². The SMILES string of the molecule is COc1cc(CNCCCOc2ccccn2)cc(Cl)c1OCc1ccc(F)cc1. The topological polar surface area (TPSA) is 52.6 Å². The van der Waals surface area contributed by atoms with Crippen LogP contribution in [0.4, 0.5) is 4.39 Å². The van der Waals surface area contributed by atoms with Crippen LogP contribution in [0.15, 0.2) is 60.8 Å². The number of benzene rings is 2. The molecule has 7 heteroatoms. The standard InChI is InChI=1S/C23H24ClFN2O3/c1-28-21-14-18(15-26-10-4-12-29-22-5-2-3-11-27-22)13-20(24)23(21)30-16-17-6-8-19(25)9-7-17/h2-3,5-9,11,13-14,26H,4,10,12,15-16H2,1H3. The van der Waals surface area contributed by atoms with Gasteiger partial charge in [0.05, 0.1) is 18.7 Å². The van der Waals surface area contributed by atoms with Crippen molar-refractivity contribution in [2.75, 3.05) is 20.3 Å². The smallest absolute Gasteiger partial charge is 0.213 e. The molecule has 0 saturated carbocycles. The number of nitrogens with zero attached hydrogens (tertiary/aromatic N) is 1. The van der Waals surface area contributed by atoms with Gasteiger partial charge in [-0.05, 0) is 54.4 Å². The molecule has 158 valence electrons. The molecule has 0 amide bonds. The third-order valence-corrected chi connectivity index (χ3v) is 4.58. The van der Waals surface area contributed by atoms with Crippen LogP contribution in [0.3, 0.4) is 0 Å². The summed E-state index contributed by atoms with van der Waals surface area (Å²) in [7, 11) is 1.57. The molecule has 30 heavy (non-hydrogen) atoms. The molecule has 1 aromatic heterocycles. The lowest BCUT2D eigenvalue weighted by Gasteiger charge is -2.15. The highest BCUT2D eigenvalue weighted by molar-refractivity contribution is 6.32. The van der Waals surface area contributed by atoms with Crippen LogP contribution in [-0.4, -0.2) is 25.2 Å². The molecule has 0 radical (unpaired) electrons. The minimum absolute atomic E-state index is 0.268. The van der Waals surface area contributed by atoms with Crippen LogP contribution in [0.2, 0.25) is 5.02 Å². The minimum Gasteiger partial charge on any atom is -0.493 e. The van der Waals surface area contributed by atoms with E-state index in [0.717, 1.165) is 24.1 Å². The number of ether oxygens (including phenoxy) is 3. The molecular weight excluding hydrogens is 407 g/mol. The van der Waals surface area contributed by atoms with E-state index in [1.807, 2.05) is 30.3 Å². The lowest BCUT2D eigenvalue weighted by atomic mass is 10.2. The van der Waals surface area contributed by atoms with Crippen LogP contribution >= 0.6 is 11.6 Å². The van der Waals surface area contributed by atoms with Crippen molar-refractivity contribution in [2.45, 2.75) is 19.6 Å². The van der Waals surface area contributed by atoms with Crippen molar-refractivity contribution in [1.82, 2.24) is 10.3 Å². The normalized spacial score (nSPS) is 10.6. The van der Waals surface area contributed by atoms with Crippen LogP contribution in [0, 0.1) is 5.82 Å². The van der Waals surface area contributed by atoms with E-state index >= 15 is 0 Å². The Morgan fingerprint density at radius 1 is 1.03 bits per heavy atom. The summed E-state index contributed by atoms with van der Waals surface area (Å²) in [4.78, 5) is 4.12. The Balaban J connectivity index is 1.47. The largest absolute Gasteiger partial charge is 0.493 e.